The first-order chi connectivity index (χ1) is 7.79. The van der Waals surface area contributed by atoms with E-state index in [1.165, 1.54) is 20.0 Å². The van der Waals surface area contributed by atoms with Crippen molar-refractivity contribution >= 4 is 11.9 Å². The predicted octanol–water partition coefficient (Wildman–Crippen LogP) is 0.831. The van der Waals surface area contributed by atoms with Crippen molar-refractivity contribution in [2.75, 3.05) is 19.0 Å². The van der Waals surface area contributed by atoms with Gasteiger partial charge in [0.2, 0.25) is 5.95 Å². The van der Waals surface area contributed by atoms with Crippen molar-refractivity contribution < 1.29 is 9.53 Å². The summed E-state index contributed by atoms with van der Waals surface area (Å²) < 4.78 is 6.47. The molecule has 16 heavy (non-hydrogen) atoms. The van der Waals surface area contributed by atoms with Gasteiger partial charge in [-0.1, -0.05) is 6.42 Å². The molecule has 86 valence electrons. The summed E-state index contributed by atoms with van der Waals surface area (Å²) in [6.45, 7) is 0.934. The molecule has 0 amide bonds. The second-order valence-corrected chi connectivity index (χ2v) is 4.33. The average molecular weight is 222 g/mol. The summed E-state index contributed by atoms with van der Waals surface area (Å²) in [5.74, 6) is 0.999. The Morgan fingerprint density at radius 2 is 2.44 bits per heavy atom. The van der Waals surface area contributed by atoms with E-state index in [2.05, 4.69) is 20.1 Å². The maximum atomic E-state index is 11.3. The fourth-order valence-corrected chi connectivity index (χ4v) is 2.65. The quantitative estimate of drug-likeness (QED) is 0.713. The van der Waals surface area contributed by atoms with Crippen LogP contribution in [0.5, 0.6) is 0 Å². The molecule has 2 heterocycles. The second-order valence-electron chi connectivity index (χ2n) is 4.33. The van der Waals surface area contributed by atoms with Crippen LogP contribution in [0.2, 0.25) is 0 Å². The van der Waals surface area contributed by atoms with Gasteiger partial charge in [-0.15, -0.1) is 5.10 Å². The minimum Gasteiger partial charge on any atom is -0.463 e. The number of methoxy groups -OCH3 is 1. The lowest BCUT2D eigenvalue weighted by atomic mass is 10.0. The van der Waals surface area contributed by atoms with E-state index in [1.807, 2.05) is 4.68 Å². The Labute approximate surface area is 93.0 Å². The summed E-state index contributed by atoms with van der Waals surface area (Å²) in [5, 5.41) is 7.45. The van der Waals surface area contributed by atoms with Crippen molar-refractivity contribution in [2.45, 2.75) is 25.3 Å². The molecule has 1 N–H and O–H groups in total. The van der Waals surface area contributed by atoms with E-state index < -0.39 is 5.97 Å². The summed E-state index contributed by atoms with van der Waals surface area (Å²) in [6.07, 6.45) is 3.58. The molecule has 0 saturated heterocycles. The maximum absolute atomic E-state index is 11.3. The minimum atomic E-state index is -0.474. The molecule has 0 spiro atoms. The number of aromatic nitrogens is 3. The lowest BCUT2D eigenvalue weighted by Gasteiger charge is -2.26. The summed E-state index contributed by atoms with van der Waals surface area (Å²) in [5.41, 5.74) is 0. The van der Waals surface area contributed by atoms with Crippen LogP contribution < -0.4 is 5.32 Å². The minimum absolute atomic E-state index is 0.151. The van der Waals surface area contributed by atoms with E-state index in [0.29, 0.717) is 17.9 Å². The summed E-state index contributed by atoms with van der Waals surface area (Å²) >= 11 is 0. The Kier molecular flexibility index (Phi) is 2.08. The molecule has 1 saturated carbocycles. The average Bonchev–Trinajstić information content (AvgIpc) is 2.92. The molecule has 0 bridgehead atoms. The highest BCUT2D eigenvalue weighted by atomic mass is 16.5. The van der Waals surface area contributed by atoms with Gasteiger partial charge in [0, 0.05) is 6.54 Å². The largest absolute Gasteiger partial charge is 0.463 e. The van der Waals surface area contributed by atoms with Crippen LogP contribution in [0.3, 0.4) is 0 Å². The summed E-state index contributed by atoms with van der Waals surface area (Å²) in [6, 6.07) is 0.405. The Hall–Kier alpha value is -1.59. The smallest absolute Gasteiger partial charge is 0.378 e. The molecule has 0 radical (unpaired) electrons. The summed E-state index contributed by atoms with van der Waals surface area (Å²) in [4.78, 5) is 15.5. The molecule has 1 aliphatic carbocycles. The molecule has 1 fully saturated rings. The van der Waals surface area contributed by atoms with Gasteiger partial charge in [-0.2, -0.15) is 4.98 Å². The van der Waals surface area contributed by atoms with Crippen molar-refractivity contribution in [3.05, 3.63) is 5.82 Å². The molecule has 6 nitrogen and oxygen atoms in total. The van der Waals surface area contributed by atoms with Gasteiger partial charge in [-0.25, -0.2) is 9.48 Å². The van der Waals surface area contributed by atoms with Gasteiger partial charge >= 0.3 is 5.97 Å². The van der Waals surface area contributed by atoms with Gasteiger partial charge in [0.05, 0.1) is 13.2 Å². The van der Waals surface area contributed by atoms with Crippen LogP contribution >= 0.6 is 0 Å². The van der Waals surface area contributed by atoms with E-state index >= 15 is 0 Å². The Bertz CT molecular complexity index is 428. The third-order valence-corrected chi connectivity index (χ3v) is 3.45. The number of nitrogens with one attached hydrogen (secondary N) is 1. The third-order valence-electron chi connectivity index (χ3n) is 3.45. The van der Waals surface area contributed by atoms with Crippen LogP contribution in [0.1, 0.15) is 35.9 Å². The fraction of sp³-hybridized carbons (Fsp3) is 0.700. The predicted molar refractivity (Wildman–Crippen MR) is 56.2 cm³/mol. The lowest BCUT2D eigenvalue weighted by molar-refractivity contribution is 0.0586. The molecule has 1 aromatic rings. The Morgan fingerprint density at radius 1 is 1.56 bits per heavy atom. The molecular formula is C10H14N4O2. The van der Waals surface area contributed by atoms with Crippen LogP contribution in [-0.4, -0.2) is 34.4 Å². The highest BCUT2D eigenvalue weighted by Gasteiger charge is 2.35. The molecule has 2 atom stereocenters. The highest BCUT2D eigenvalue weighted by Crippen LogP contribution is 2.39. The molecular weight excluding hydrogens is 208 g/mol. The van der Waals surface area contributed by atoms with Crippen molar-refractivity contribution in [3.8, 4) is 0 Å². The topological polar surface area (TPSA) is 69.0 Å². The van der Waals surface area contributed by atoms with Crippen molar-refractivity contribution in [2.24, 2.45) is 5.92 Å². The van der Waals surface area contributed by atoms with Crippen LogP contribution in [0.4, 0.5) is 5.95 Å². The van der Waals surface area contributed by atoms with Crippen LogP contribution in [0.25, 0.3) is 0 Å². The summed E-state index contributed by atoms with van der Waals surface area (Å²) in [7, 11) is 1.34. The van der Waals surface area contributed by atoms with Crippen LogP contribution in [0, 0.1) is 5.92 Å². The number of carbonyl (C=O) groups is 1. The maximum Gasteiger partial charge on any atom is 0.378 e. The highest BCUT2D eigenvalue weighted by molar-refractivity contribution is 5.85. The van der Waals surface area contributed by atoms with Gasteiger partial charge in [0.1, 0.15) is 0 Å². The van der Waals surface area contributed by atoms with E-state index in [0.717, 1.165) is 13.0 Å². The number of fused-ring (bicyclic) bond motifs is 3. The number of nitrogens with zero attached hydrogens (tertiary/aromatic N) is 3. The molecule has 1 aliphatic heterocycles. The zero-order valence-electron chi connectivity index (χ0n) is 9.14. The number of hydrogen-bond donors (Lipinski definition) is 1. The lowest BCUT2D eigenvalue weighted by Crippen LogP contribution is -2.29. The molecule has 0 aromatic carbocycles. The normalized spacial score (nSPS) is 26.8. The van der Waals surface area contributed by atoms with Gasteiger partial charge < -0.3 is 10.1 Å². The molecule has 2 unspecified atom stereocenters. The molecule has 1 aromatic heterocycles. The van der Waals surface area contributed by atoms with E-state index in [9.17, 15) is 4.79 Å². The third kappa shape index (κ3) is 1.29. The van der Waals surface area contributed by atoms with Gasteiger partial charge in [-0.3, -0.25) is 0 Å². The Morgan fingerprint density at radius 3 is 3.25 bits per heavy atom. The number of esters is 1. The molecule has 3 rings (SSSR count). The van der Waals surface area contributed by atoms with Gasteiger partial charge in [0.15, 0.2) is 0 Å². The van der Waals surface area contributed by atoms with Crippen molar-refractivity contribution in [3.63, 3.8) is 0 Å². The first-order valence-electron chi connectivity index (χ1n) is 5.58. The Balaban J connectivity index is 1.97. The zero-order chi connectivity index (χ0) is 11.1. The number of anilines is 1. The SMILES string of the molecule is COC(=O)c1nc2n(n1)C1CCCC1CN2. The van der Waals surface area contributed by atoms with Crippen molar-refractivity contribution in [1.82, 2.24) is 14.8 Å². The van der Waals surface area contributed by atoms with Crippen LogP contribution in [-0.2, 0) is 4.74 Å². The van der Waals surface area contributed by atoms with E-state index in [1.54, 1.807) is 0 Å². The fourth-order valence-electron chi connectivity index (χ4n) is 2.65. The van der Waals surface area contributed by atoms with E-state index in [-0.39, 0.29) is 5.82 Å². The van der Waals surface area contributed by atoms with Gasteiger partial charge in [0.25, 0.3) is 5.82 Å². The number of carbonyl (C=O) groups excluding carboxylic acids is 1. The molecule has 2 aliphatic rings. The van der Waals surface area contributed by atoms with Crippen LogP contribution in [0.15, 0.2) is 0 Å². The number of rotatable bonds is 1. The first kappa shape index (κ1) is 9.62. The first-order valence-corrected chi connectivity index (χ1v) is 5.58. The van der Waals surface area contributed by atoms with Gasteiger partial charge in [-0.05, 0) is 18.8 Å². The van der Waals surface area contributed by atoms with E-state index in [4.69, 9.17) is 0 Å². The van der Waals surface area contributed by atoms with Crippen molar-refractivity contribution in [1.29, 1.82) is 0 Å². The standard InChI is InChI=1S/C10H14N4O2/c1-16-9(15)8-12-10-11-5-6-3-2-4-7(6)14(10)13-8/h6-7H,2-5H2,1H3,(H,11,12,13). The zero-order valence-corrected chi connectivity index (χ0v) is 9.14. The number of ether oxygens (including phenoxy) is 1. The second kappa shape index (κ2) is 3.47. The molecule has 6 heteroatoms. The number of hydrogen-bond acceptors (Lipinski definition) is 5. The monoisotopic (exact) mass is 222 g/mol.